The van der Waals surface area contributed by atoms with E-state index in [0.29, 0.717) is 0 Å². The number of hydrogen-bond donors (Lipinski definition) is 0. The summed E-state index contributed by atoms with van der Waals surface area (Å²) >= 11 is 6.08. The molecule has 0 radical (unpaired) electrons. The van der Waals surface area contributed by atoms with Gasteiger partial charge in [-0.05, 0) is 45.9 Å². The topological polar surface area (TPSA) is 62.5 Å². The van der Waals surface area contributed by atoms with Gasteiger partial charge in [0.2, 0.25) is 5.95 Å². The molecule has 7 nitrogen and oxygen atoms in total. The molecule has 0 saturated carbocycles. The smallest absolute Gasteiger partial charge is 0.225 e. The van der Waals surface area contributed by atoms with Crippen LogP contribution >= 0.6 is 11.6 Å². The van der Waals surface area contributed by atoms with Gasteiger partial charge < -0.3 is 9.80 Å². The van der Waals surface area contributed by atoms with Gasteiger partial charge in [0.15, 0.2) is 5.65 Å². The fourth-order valence-electron chi connectivity index (χ4n) is 4.32. The van der Waals surface area contributed by atoms with Crippen molar-refractivity contribution in [3.63, 3.8) is 0 Å². The summed E-state index contributed by atoms with van der Waals surface area (Å²) < 4.78 is 1.98. The third-order valence-corrected chi connectivity index (χ3v) is 6.16. The molecule has 0 spiro atoms. The van der Waals surface area contributed by atoms with Crippen LogP contribution in [0.15, 0.2) is 36.4 Å². The molecule has 4 heterocycles. The lowest BCUT2D eigenvalue weighted by molar-refractivity contribution is 0.625. The molecule has 5 rings (SSSR count). The molecule has 1 aliphatic heterocycles. The highest BCUT2D eigenvalue weighted by Crippen LogP contribution is 2.29. The van der Waals surface area contributed by atoms with Gasteiger partial charge in [-0.3, -0.25) is 0 Å². The van der Waals surface area contributed by atoms with Crippen LogP contribution in [0.3, 0.4) is 0 Å². The summed E-state index contributed by atoms with van der Waals surface area (Å²) in [4.78, 5) is 18.7. The van der Waals surface area contributed by atoms with E-state index in [-0.39, 0.29) is 0 Å². The maximum Gasteiger partial charge on any atom is 0.225 e. The Labute approximate surface area is 192 Å². The van der Waals surface area contributed by atoms with Crippen molar-refractivity contribution in [1.82, 2.24) is 24.6 Å². The summed E-state index contributed by atoms with van der Waals surface area (Å²) in [6.07, 6.45) is 0. The minimum atomic E-state index is 0.718. The quantitative estimate of drug-likeness (QED) is 0.464. The van der Waals surface area contributed by atoms with Gasteiger partial charge >= 0.3 is 0 Å². The number of hydrogen-bond acceptors (Lipinski definition) is 6. The lowest BCUT2D eigenvalue weighted by Gasteiger charge is -2.36. The minimum Gasteiger partial charge on any atom is -0.353 e. The Morgan fingerprint density at radius 1 is 0.750 bits per heavy atom. The molecule has 0 atom stereocenters. The van der Waals surface area contributed by atoms with E-state index in [4.69, 9.17) is 21.7 Å². The van der Waals surface area contributed by atoms with Crippen molar-refractivity contribution in [3.05, 3.63) is 64.1 Å². The van der Waals surface area contributed by atoms with Gasteiger partial charge in [0.1, 0.15) is 5.82 Å². The van der Waals surface area contributed by atoms with E-state index in [9.17, 15) is 0 Å². The minimum absolute atomic E-state index is 0.718. The van der Waals surface area contributed by atoms with Gasteiger partial charge in [-0.2, -0.15) is 9.61 Å². The summed E-state index contributed by atoms with van der Waals surface area (Å²) in [5.41, 5.74) is 6.93. The molecular formula is C24H26ClN7. The molecule has 0 aliphatic carbocycles. The number of aromatic nitrogens is 5. The molecule has 1 aliphatic rings. The molecule has 0 bridgehead atoms. The lowest BCUT2D eigenvalue weighted by Crippen LogP contribution is -2.47. The summed E-state index contributed by atoms with van der Waals surface area (Å²) in [5.74, 6) is 1.88. The normalized spacial score (nSPS) is 14.4. The Balaban J connectivity index is 1.47. The first-order chi connectivity index (χ1) is 15.4. The highest BCUT2D eigenvalue weighted by atomic mass is 35.5. The fourth-order valence-corrected chi connectivity index (χ4v) is 4.44. The lowest BCUT2D eigenvalue weighted by atomic mass is 10.1. The number of nitrogens with zero attached hydrogens (tertiary/aromatic N) is 7. The summed E-state index contributed by atoms with van der Waals surface area (Å²) in [6, 6.07) is 11.9. The highest BCUT2D eigenvalue weighted by Gasteiger charge is 2.23. The second-order valence-electron chi connectivity index (χ2n) is 8.40. The first kappa shape index (κ1) is 20.7. The van der Waals surface area contributed by atoms with Crippen LogP contribution in [0.2, 0.25) is 5.02 Å². The Hall–Kier alpha value is -3.19. The molecule has 4 aromatic rings. The first-order valence-corrected chi connectivity index (χ1v) is 11.2. The number of benzene rings is 1. The first-order valence-electron chi connectivity index (χ1n) is 10.8. The maximum absolute atomic E-state index is 6.08. The van der Waals surface area contributed by atoms with Crippen LogP contribution in [0.5, 0.6) is 0 Å². The Bertz CT molecular complexity index is 1270. The number of aryl methyl sites for hydroxylation is 4. The van der Waals surface area contributed by atoms with Crippen molar-refractivity contribution >= 4 is 29.0 Å². The van der Waals surface area contributed by atoms with E-state index < -0.39 is 0 Å². The molecule has 8 heteroatoms. The van der Waals surface area contributed by atoms with Gasteiger partial charge in [0.05, 0.1) is 5.69 Å². The van der Waals surface area contributed by atoms with Gasteiger partial charge in [-0.25, -0.2) is 15.0 Å². The van der Waals surface area contributed by atoms with Gasteiger partial charge in [-0.15, -0.1) is 0 Å². The van der Waals surface area contributed by atoms with Gasteiger partial charge in [0.25, 0.3) is 0 Å². The van der Waals surface area contributed by atoms with E-state index in [2.05, 4.69) is 32.8 Å². The van der Waals surface area contributed by atoms with Crippen molar-refractivity contribution in [2.45, 2.75) is 27.7 Å². The van der Waals surface area contributed by atoms with E-state index in [1.165, 1.54) is 0 Å². The summed E-state index contributed by atoms with van der Waals surface area (Å²) in [7, 11) is 0. The monoisotopic (exact) mass is 447 g/mol. The molecule has 0 unspecified atom stereocenters. The number of halogens is 1. The zero-order valence-electron chi connectivity index (χ0n) is 18.8. The number of piperazine rings is 1. The molecule has 32 heavy (non-hydrogen) atoms. The molecule has 0 amide bonds. The van der Waals surface area contributed by atoms with Crippen LogP contribution in [0.25, 0.3) is 16.9 Å². The van der Waals surface area contributed by atoms with Crippen LogP contribution < -0.4 is 9.80 Å². The van der Waals surface area contributed by atoms with Crippen molar-refractivity contribution in [2.24, 2.45) is 0 Å². The van der Waals surface area contributed by atoms with E-state index in [1.54, 1.807) is 0 Å². The van der Waals surface area contributed by atoms with Gasteiger partial charge in [-0.1, -0.05) is 23.7 Å². The van der Waals surface area contributed by atoms with Gasteiger partial charge in [0, 0.05) is 65.5 Å². The molecule has 0 N–H and O–H groups in total. The van der Waals surface area contributed by atoms with E-state index in [0.717, 1.165) is 82.5 Å². The zero-order valence-corrected chi connectivity index (χ0v) is 19.6. The number of anilines is 2. The van der Waals surface area contributed by atoms with Crippen LogP contribution in [0.1, 0.15) is 22.6 Å². The number of fused-ring (bicyclic) bond motifs is 1. The van der Waals surface area contributed by atoms with E-state index >= 15 is 0 Å². The standard InChI is InChI=1S/C24H26ClN7/c1-15-13-16(2)28-24(27-15)31-11-9-30(10-12-31)21-14-17(3)26-23-18(4)22(29-32(21)23)19-5-7-20(25)8-6-19/h5-8,13-14H,9-12H2,1-4H3. The van der Waals surface area contributed by atoms with Crippen LogP contribution in [-0.2, 0) is 0 Å². The molecular weight excluding hydrogens is 422 g/mol. The molecule has 1 aromatic carbocycles. The largest absolute Gasteiger partial charge is 0.353 e. The summed E-state index contributed by atoms with van der Waals surface area (Å²) in [6.45, 7) is 11.6. The second-order valence-corrected chi connectivity index (χ2v) is 8.83. The highest BCUT2D eigenvalue weighted by molar-refractivity contribution is 6.30. The van der Waals surface area contributed by atoms with Crippen LogP contribution in [0.4, 0.5) is 11.8 Å². The maximum atomic E-state index is 6.08. The van der Waals surface area contributed by atoms with Crippen molar-refractivity contribution in [3.8, 4) is 11.3 Å². The Morgan fingerprint density at radius 2 is 1.34 bits per heavy atom. The molecule has 1 saturated heterocycles. The predicted molar refractivity (Wildman–Crippen MR) is 129 cm³/mol. The predicted octanol–water partition coefficient (Wildman–Crippen LogP) is 4.40. The SMILES string of the molecule is Cc1cc(C)nc(N2CCN(c3cc(C)nc4c(C)c(-c5ccc(Cl)cc5)nn34)CC2)n1. The average molecular weight is 448 g/mol. The molecule has 1 fully saturated rings. The zero-order chi connectivity index (χ0) is 22.4. The molecule has 164 valence electrons. The van der Waals surface area contributed by atoms with E-state index in [1.807, 2.05) is 55.6 Å². The Morgan fingerprint density at radius 3 is 2.00 bits per heavy atom. The Kier molecular flexibility index (Phi) is 5.21. The van der Waals surface area contributed by atoms with Crippen LogP contribution in [-0.4, -0.2) is 50.7 Å². The number of rotatable bonds is 3. The summed E-state index contributed by atoms with van der Waals surface area (Å²) in [5, 5.41) is 5.68. The fraction of sp³-hybridized carbons (Fsp3) is 0.333. The molecule has 3 aromatic heterocycles. The van der Waals surface area contributed by atoms with Crippen molar-refractivity contribution in [1.29, 1.82) is 0 Å². The van der Waals surface area contributed by atoms with Crippen molar-refractivity contribution in [2.75, 3.05) is 36.0 Å². The third kappa shape index (κ3) is 3.77. The van der Waals surface area contributed by atoms with Crippen molar-refractivity contribution < 1.29 is 0 Å². The average Bonchev–Trinajstić information content (AvgIpc) is 3.09. The second kappa shape index (κ2) is 8.06. The third-order valence-electron chi connectivity index (χ3n) is 5.90. The van der Waals surface area contributed by atoms with Crippen LogP contribution in [0, 0.1) is 27.7 Å².